The summed E-state index contributed by atoms with van der Waals surface area (Å²) in [6.07, 6.45) is 4.92. The van der Waals surface area contributed by atoms with Gasteiger partial charge in [0.25, 0.3) is 0 Å². The summed E-state index contributed by atoms with van der Waals surface area (Å²) in [6, 6.07) is 0.0663. The van der Waals surface area contributed by atoms with Crippen molar-refractivity contribution in [3.63, 3.8) is 0 Å². The number of guanidine groups is 1. The number of ether oxygens (including phenoxy) is 2. The van der Waals surface area contributed by atoms with Gasteiger partial charge in [0.1, 0.15) is 5.60 Å². The quantitative estimate of drug-likeness (QED) is 0.144. The number of rotatable bonds is 10. The van der Waals surface area contributed by atoms with E-state index in [9.17, 15) is 9.59 Å². The number of hydrogen-bond acceptors (Lipinski definition) is 5. The van der Waals surface area contributed by atoms with Crippen LogP contribution in [0.15, 0.2) is 4.99 Å². The maximum Gasteiger partial charge on any atom is 0.407 e. The minimum Gasteiger partial charge on any atom is -0.466 e. The van der Waals surface area contributed by atoms with Gasteiger partial charge >= 0.3 is 12.1 Å². The van der Waals surface area contributed by atoms with E-state index < -0.39 is 5.60 Å². The molecule has 8 nitrogen and oxygen atoms in total. The fourth-order valence-corrected chi connectivity index (χ4v) is 3.12. The van der Waals surface area contributed by atoms with Crippen molar-refractivity contribution < 1.29 is 19.1 Å². The number of likely N-dealkylation sites (tertiary alicyclic amines) is 1. The molecule has 0 aliphatic carbocycles. The summed E-state index contributed by atoms with van der Waals surface area (Å²) in [5, 5.41) is 6.29. The van der Waals surface area contributed by atoms with Gasteiger partial charge in [0.2, 0.25) is 0 Å². The second-order valence-electron chi connectivity index (χ2n) is 8.28. The van der Waals surface area contributed by atoms with E-state index >= 15 is 0 Å². The van der Waals surface area contributed by atoms with Gasteiger partial charge in [-0.05, 0) is 53.9 Å². The van der Waals surface area contributed by atoms with Crippen molar-refractivity contribution in [2.75, 3.05) is 32.8 Å². The van der Waals surface area contributed by atoms with Gasteiger partial charge in [-0.2, -0.15) is 0 Å². The molecule has 9 heteroatoms. The van der Waals surface area contributed by atoms with Crippen LogP contribution in [0, 0.1) is 0 Å². The average Bonchev–Trinajstić information content (AvgIpc) is 3.06. The van der Waals surface area contributed by atoms with Gasteiger partial charge in [-0.25, -0.2) is 4.79 Å². The molecule has 0 aromatic carbocycles. The van der Waals surface area contributed by atoms with E-state index in [2.05, 4.69) is 22.5 Å². The number of nitrogens with one attached hydrogen (secondary N) is 2. The molecule has 0 spiro atoms. The largest absolute Gasteiger partial charge is 0.466 e. The number of alkyl carbamates (subject to hydrolysis) is 1. The summed E-state index contributed by atoms with van der Waals surface area (Å²) in [5.74, 6) is 0.788. The predicted molar refractivity (Wildman–Crippen MR) is 130 cm³/mol. The summed E-state index contributed by atoms with van der Waals surface area (Å²) in [6.45, 7) is 13.1. The van der Waals surface area contributed by atoms with Crippen LogP contribution < -0.4 is 10.6 Å². The Morgan fingerprint density at radius 1 is 1.13 bits per heavy atom. The third-order valence-corrected chi connectivity index (χ3v) is 4.40. The zero-order chi connectivity index (χ0) is 21.7. The summed E-state index contributed by atoms with van der Waals surface area (Å²) >= 11 is 0. The molecule has 1 amide bonds. The highest BCUT2D eigenvalue weighted by Gasteiger charge is 2.27. The minimum atomic E-state index is -0.491. The zero-order valence-corrected chi connectivity index (χ0v) is 21.6. The molecule has 1 unspecified atom stereocenters. The lowest BCUT2D eigenvalue weighted by molar-refractivity contribution is -0.143. The number of aliphatic imine (C=N–C) groups is 1. The number of halogens is 1. The summed E-state index contributed by atoms with van der Waals surface area (Å²) < 4.78 is 10.3. The second-order valence-corrected chi connectivity index (χ2v) is 8.28. The Labute approximate surface area is 198 Å². The topological polar surface area (TPSA) is 92.3 Å². The fraction of sp³-hybridized carbons (Fsp3) is 0.857. The van der Waals surface area contributed by atoms with E-state index in [1.807, 2.05) is 27.7 Å². The van der Waals surface area contributed by atoms with Crippen LogP contribution in [-0.4, -0.2) is 67.4 Å². The lowest BCUT2D eigenvalue weighted by Gasteiger charge is -2.23. The van der Waals surface area contributed by atoms with Crippen LogP contribution in [0.5, 0.6) is 0 Å². The van der Waals surface area contributed by atoms with Crippen LogP contribution in [0.4, 0.5) is 4.79 Å². The van der Waals surface area contributed by atoms with Crippen LogP contribution in [0.1, 0.15) is 73.1 Å². The van der Waals surface area contributed by atoms with Crippen molar-refractivity contribution in [2.45, 2.75) is 84.8 Å². The highest BCUT2D eigenvalue weighted by Crippen LogP contribution is 2.12. The Balaban J connectivity index is 0.00000841. The van der Waals surface area contributed by atoms with E-state index in [-0.39, 0.29) is 42.1 Å². The maximum absolute atomic E-state index is 12.0. The molecule has 1 aliphatic rings. The lowest BCUT2D eigenvalue weighted by Crippen LogP contribution is -2.44. The summed E-state index contributed by atoms with van der Waals surface area (Å²) in [7, 11) is 0. The monoisotopic (exact) mass is 540 g/mol. The van der Waals surface area contributed by atoms with Crippen molar-refractivity contribution >= 4 is 42.0 Å². The molecule has 0 aromatic rings. The van der Waals surface area contributed by atoms with Crippen molar-refractivity contribution in [3.05, 3.63) is 0 Å². The molecule has 1 rings (SSSR count). The molecule has 0 aromatic heterocycles. The van der Waals surface area contributed by atoms with E-state index in [1.54, 1.807) is 0 Å². The van der Waals surface area contributed by atoms with Gasteiger partial charge in [-0.15, -0.1) is 24.0 Å². The number of esters is 1. The standard InChI is InChI=1S/C21H40N4O4.HI/c1-6-22-19(23-14-11-9-8-10-12-18(26)28-7-2)25-15-13-17(16-25)24-20(27)29-21(3,4)5;/h17H,6-16H2,1-5H3,(H,22,23)(H,24,27);1H. The Bertz CT molecular complexity index is 538. The molecule has 176 valence electrons. The number of nitrogens with zero attached hydrogens (tertiary/aromatic N) is 2. The molecule has 0 bridgehead atoms. The molecule has 1 atom stereocenters. The first-order chi connectivity index (χ1) is 13.7. The second kappa shape index (κ2) is 15.5. The summed E-state index contributed by atoms with van der Waals surface area (Å²) in [4.78, 5) is 30.2. The number of amides is 1. The number of unbranched alkanes of at least 4 members (excludes halogenated alkanes) is 3. The number of carbonyl (C=O) groups is 2. The average molecular weight is 540 g/mol. The van der Waals surface area contributed by atoms with Gasteiger partial charge in [0, 0.05) is 32.6 Å². The first-order valence-electron chi connectivity index (χ1n) is 10.9. The van der Waals surface area contributed by atoms with Crippen molar-refractivity contribution in [3.8, 4) is 0 Å². The van der Waals surface area contributed by atoms with Crippen molar-refractivity contribution in [1.29, 1.82) is 0 Å². The highest BCUT2D eigenvalue weighted by atomic mass is 127. The number of carbonyl (C=O) groups excluding carboxylic acids is 2. The van der Waals surface area contributed by atoms with E-state index in [4.69, 9.17) is 14.5 Å². The molecule has 30 heavy (non-hydrogen) atoms. The molecule has 1 saturated heterocycles. The fourth-order valence-electron chi connectivity index (χ4n) is 3.12. The van der Waals surface area contributed by atoms with Crippen LogP contribution in [0.3, 0.4) is 0 Å². The Kier molecular flexibility index (Phi) is 14.9. The minimum absolute atomic E-state index is 0. The van der Waals surface area contributed by atoms with E-state index in [0.29, 0.717) is 13.0 Å². The molecule has 1 heterocycles. The Morgan fingerprint density at radius 2 is 1.83 bits per heavy atom. The van der Waals surface area contributed by atoms with E-state index in [0.717, 1.165) is 64.2 Å². The highest BCUT2D eigenvalue weighted by molar-refractivity contribution is 14.0. The third-order valence-electron chi connectivity index (χ3n) is 4.40. The van der Waals surface area contributed by atoms with E-state index in [1.165, 1.54) is 0 Å². The van der Waals surface area contributed by atoms with Crippen LogP contribution in [0.2, 0.25) is 0 Å². The van der Waals surface area contributed by atoms with Crippen LogP contribution in [0.25, 0.3) is 0 Å². The number of hydrogen-bond donors (Lipinski definition) is 2. The smallest absolute Gasteiger partial charge is 0.407 e. The van der Waals surface area contributed by atoms with Gasteiger partial charge in [0.05, 0.1) is 12.6 Å². The first kappa shape index (κ1) is 28.7. The van der Waals surface area contributed by atoms with Crippen LogP contribution >= 0.6 is 24.0 Å². The molecule has 0 saturated carbocycles. The molecule has 2 N–H and O–H groups in total. The molecule has 0 radical (unpaired) electrons. The van der Waals surface area contributed by atoms with Crippen molar-refractivity contribution in [1.82, 2.24) is 15.5 Å². The molecular weight excluding hydrogens is 499 g/mol. The Hall–Kier alpha value is -1.26. The normalized spacial score (nSPS) is 16.6. The Morgan fingerprint density at radius 3 is 2.47 bits per heavy atom. The van der Waals surface area contributed by atoms with Crippen LogP contribution in [-0.2, 0) is 14.3 Å². The maximum atomic E-state index is 12.0. The predicted octanol–water partition coefficient (Wildman–Crippen LogP) is 3.68. The van der Waals surface area contributed by atoms with Gasteiger partial charge in [-0.1, -0.05) is 12.8 Å². The summed E-state index contributed by atoms with van der Waals surface area (Å²) in [5.41, 5.74) is -0.491. The van der Waals surface area contributed by atoms with Gasteiger partial charge < -0.3 is 25.0 Å². The van der Waals surface area contributed by atoms with Crippen molar-refractivity contribution in [2.24, 2.45) is 4.99 Å². The van der Waals surface area contributed by atoms with Gasteiger partial charge in [0.15, 0.2) is 5.96 Å². The molecule has 1 aliphatic heterocycles. The lowest BCUT2D eigenvalue weighted by atomic mass is 10.1. The third kappa shape index (κ3) is 13.1. The molecular formula is C21H41IN4O4. The molecule has 1 fully saturated rings. The van der Waals surface area contributed by atoms with Gasteiger partial charge in [-0.3, -0.25) is 9.79 Å². The SMILES string of the molecule is CCNC(=NCCCCCCC(=O)OCC)N1CCC(NC(=O)OC(C)(C)C)C1.I. The zero-order valence-electron chi connectivity index (χ0n) is 19.3. The first-order valence-corrected chi connectivity index (χ1v) is 10.9.